The first-order valence-corrected chi connectivity index (χ1v) is 13.3. The lowest BCUT2D eigenvalue weighted by Gasteiger charge is -2.18. The molecule has 5 nitrogen and oxygen atoms in total. The van der Waals surface area contributed by atoms with Crippen molar-refractivity contribution in [3.8, 4) is 11.1 Å². The highest BCUT2D eigenvalue weighted by Crippen LogP contribution is 2.29. The van der Waals surface area contributed by atoms with Gasteiger partial charge in [0.2, 0.25) is 0 Å². The van der Waals surface area contributed by atoms with E-state index in [2.05, 4.69) is 44.4 Å². The summed E-state index contributed by atoms with van der Waals surface area (Å²) >= 11 is 9.94. The molecule has 5 rings (SSSR count). The number of aliphatic imine (C=N–C) groups is 1. The summed E-state index contributed by atoms with van der Waals surface area (Å²) in [6.45, 7) is 0.580. The first kappa shape index (κ1) is 25.9. The van der Waals surface area contributed by atoms with Crippen LogP contribution in [0.5, 0.6) is 0 Å². The maximum atomic E-state index is 11.8. The van der Waals surface area contributed by atoms with Crippen LogP contribution in [0.3, 0.4) is 0 Å². The van der Waals surface area contributed by atoms with Gasteiger partial charge in [0, 0.05) is 44.7 Å². The van der Waals surface area contributed by atoms with Crippen LogP contribution in [0, 0.1) is 0 Å². The van der Waals surface area contributed by atoms with Gasteiger partial charge in [0.1, 0.15) is 0 Å². The molecule has 1 aliphatic rings. The quantitative estimate of drug-likeness (QED) is 0.238. The zero-order chi connectivity index (χ0) is 26.5. The molecule has 7 heteroatoms. The maximum absolute atomic E-state index is 11.8. The zero-order valence-electron chi connectivity index (χ0n) is 20.7. The number of hydrogen-bond donors (Lipinski definition) is 1. The SMILES string of the molecule is COC(=O)c1ccc(CC2CN=C(C=Cc3cnccc3-c3cccc(Br)c3)c3ccc(Cl)cc3N2)cc1. The second kappa shape index (κ2) is 11.8. The van der Waals surface area contributed by atoms with Crippen LogP contribution in [0.2, 0.25) is 5.02 Å². The molecule has 190 valence electrons. The number of hydrogen-bond acceptors (Lipinski definition) is 5. The molecular weight excluding hydrogens is 562 g/mol. The molecule has 0 bridgehead atoms. The Kier molecular flexibility index (Phi) is 8.01. The molecule has 1 unspecified atom stereocenters. The number of pyridine rings is 1. The molecule has 0 saturated heterocycles. The number of nitrogens with one attached hydrogen (secondary N) is 1. The normalized spacial score (nSPS) is 14.8. The number of esters is 1. The van der Waals surface area contributed by atoms with E-state index in [1.54, 1.807) is 18.3 Å². The number of nitrogens with zero attached hydrogens (tertiary/aromatic N) is 2. The molecule has 1 aromatic heterocycles. The van der Waals surface area contributed by atoms with Gasteiger partial charge in [0.25, 0.3) is 0 Å². The van der Waals surface area contributed by atoms with Crippen LogP contribution in [-0.4, -0.2) is 36.4 Å². The minimum Gasteiger partial charge on any atom is -0.465 e. The molecule has 2 heterocycles. The molecule has 38 heavy (non-hydrogen) atoms. The molecule has 0 amide bonds. The molecule has 1 aliphatic heterocycles. The van der Waals surface area contributed by atoms with E-state index >= 15 is 0 Å². The molecule has 0 fully saturated rings. The van der Waals surface area contributed by atoms with Gasteiger partial charge in [0.05, 0.1) is 24.9 Å². The summed E-state index contributed by atoms with van der Waals surface area (Å²) in [7, 11) is 1.38. The van der Waals surface area contributed by atoms with Crippen molar-refractivity contribution in [2.75, 3.05) is 19.0 Å². The van der Waals surface area contributed by atoms with E-state index in [4.69, 9.17) is 21.3 Å². The number of allylic oxidation sites excluding steroid dienone is 1. The maximum Gasteiger partial charge on any atom is 0.337 e. The molecule has 0 radical (unpaired) electrons. The van der Waals surface area contributed by atoms with E-state index in [-0.39, 0.29) is 12.0 Å². The van der Waals surface area contributed by atoms with Crippen LogP contribution in [0.15, 0.2) is 101 Å². The molecule has 3 aromatic carbocycles. The van der Waals surface area contributed by atoms with Crippen molar-refractivity contribution >= 4 is 51.0 Å². The van der Waals surface area contributed by atoms with Gasteiger partial charge in [-0.15, -0.1) is 0 Å². The minimum absolute atomic E-state index is 0.0534. The van der Waals surface area contributed by atoms with Crippen molar-refractivity contribution in [1.82, 2.24) is 4.98 Å². The third kappa shape index (κ3) is 6.04. The van der Waals surface area contributed by atoms with Crippen molar-refractivity contribution in [2.24, 2.45) is 4.99 Å². The van der Waals surface area contributed by atoms with Crippen molar-refractivity contribution in [2.45, 2.75) is 12.5 Å². The summed E-state index contributed by atoms with van der Waals surface area (Å²) in [5.74, 6) is -0.342. The summed E-state index contributed by atoms with van der Waals surface area (Å²) in [5.41, 5.74) is 7.63. The number of rotatable bonds is 6. The minimum atomic E-state index is -0.342. The lowest BCUT2D eigenvalue weighted by atomic mass is 10.0. The second-order valence-electron chi connectivity index (χ2n) is 8.96. The summed E-state index contributed by atoms with van der Waals surface area (Å²) in [6.07, 6.45) is 8.52. The second-order valence-corrected chi connectivity index (χ2v) is 10.3. The van der Waals surface area contributed by atoms with Gasteiger partial charge in [-0.1, -0.05) is 57.9 Å². The average Bonchev–Trinajstić information content (AvgIpc) is 3.10. The number of fused-ring (bicyclic) bond motifs is 1. The van der Waals surface area contributed by atoms with Crippen molar-refractivity contribution in [3.05, 3.63) is 123 Å². The number of anilines is 1. The number of aromatic nitrogens is 1. The lowest BCUT2D eigenvalue weighted by Crippen LogP contribution is -2.25. The molecule has 4 aromatic rings. The van der Waals surface area contributed by atoms with Crippen molar-refractivity contribution < 1.29 is 9.53 Å². The van der Waals surface area contributed by atoms with E-state index in [1.165, 1.54) is 7.11 Å². The number of ether oxygens (including phenoxy) is 1. The van der Waals surface area contributed by atoms with E-state index in [0.717, 1.165) is 50.1 Å². The Morgan fingerprint density at radius 3 is 2.71 bits per heavy atom. The van der Waals surface area contributed by atoms with Gasteiger partial charge in [0.15, 0.2) is 0 Å². The Bertz CT molecular complexity index is 1530. The van der Waals surface area contributed by atoms with Crippen LogP contribution in [0.1, 0.15) is 27.0 Å². The zero-order valence-corrected chi connectivity index (χ0v) is 23.0. The molecule has 0 spiro atoms. The fraction of sp³-hybridized carbons (Fsp3) is 0.129. The largest absolute Gasteiger partial charge is 0.465 e. The topological polar surface area (TPSA) is 63.6 Å². The van der Waals surface area contributed by atoms with E-state index in [9.17, 15) is 4.79 Å². The van der Waals surface area contributed by atoms with Crippen LogP contribution in [0.4, 0.5) is 5.69 Å². The van der Waals surface area contributed by atoms with Gasteiger partial charge in [-0.25, -0.2) is 4.79 Å². The monoisotopic (exact) mass is 585 g/mol. The highest BCUT2D eigenvalue weighted by Gasteiger charge is 2.19. The van der Waals surface area contributed by atoms with Gasteiger partial charge < -0.3 is 10.1 Å². The summed E-state index contributed by atoms with van der Waals surface area (Å²) < 4.78 is 5.83. The first-order chi connectivity index (χ1) is 18.5. The van der Waals surface area contributed by atoms with Gasteiger partial charge >= 0.3 is 5.97 Å². The molecule has 0 saturated carbocycles. The predicted octanol–water partition coefficient (Wildman–Crippen LogP) is 7.49. The van der Waals surface area contributed by atoms with Crippen LogP contribution >= 0.6 is 27.5 Å². The smallest absolute Gasteiger partial charge is 0.337 e. The average molecular weight is 587 g/mol. The van der Waals surface area contributed by atoms with E-state index < -0.39 is 0 Å². The Morgan fingerprint density at radius 1 is 1.08 bits per heavy atom. The number of carbonyl (C=O) groups excluding carboxylic acids is 1. The van der Waals surface area contributed by atoms with Crippen molar-refractivity contribution in [3.63, 3.8) is 0 Å². The number of carbonyl (C=O) groups is 1. The number of methoxy groups -OCH3 is 1. The first-order valence-electron chi connectivity index (χ1n) is 12.2. The lowest BCUT2D eigenvalue weighted by molar-refractivity contribution is 0.0600. The Balaban J connectivity index is 1.43. The van der Waals surface area contributed by atoms with Crippen LogP contribution in [-0.2, 0) is 11.2 Å². The molecule has 1 atom stereocenters. The van der Waals surface area contributed by atoms with Crippen LogP contribution in [0.25, 0.3) is 17.2 Å². The number of benzene rings is 3. The molecule has 1 N–H and O–H groups in total. The Labute approximate surface area is 235 Å². The fourth-order valence-corrected chi connectivity index (χ4v) is 5.05. The Hall–Kier alpha value is -3.74. The standard InChI is InChI=1S/C31H25BrClN3O2/c1-38-31(37)21-7-5-20(6-8-21)15-26-19-35-29(28-11-10-25(33)17-30(28)36-26)12-9-23-18-34-14-13-27(23)22-3-2-4-24(32)16-22/h2-14,16-18,26,36H,15,19H2,1H3. The van der Waals surface area contributed by atoms with Gasteiger partial charge in [-0.05, 0) is 77.7 Å². The molecular formula is C31H25BrClN3O2. The van der Waals surface area contributed by atoms with E-state index in [0.29, 0.717) is 17.1 Å². The third-order valence-corrected chi connectivity index (χ3v) is 7.09. The third-order valence-electron chi connectivity index (χ3n) is 6.36. The summed E-state index contributed by atoms with van der Waals surface area (Å²) in [5, 5.41) is 4.29. The summed E-state index contributed by atoms with van der Waals surface area (Å²) in [4.78, 5) is 21.1. The van der Waals surface area contributed by atoms with Gasteiger partial charge in [-0.2, -0.15) is 0 Å². The number of benzodiazepines with no additional fused rings is 1. The highest BCUT2D eigenvalue weighted by molar-refractivity contribution is 9.10. The number of halogens is 2. The summed E-state index contributed by atoms with van der Waals surface area (Å²) in [6, 6.07) is 23.6. The highest BCUT2D eigenvalue weighted by atomic mass is 79.9. The van der Waals surface area contributed by atoms with Crippen molar-refractivity contribution in [1.29, 1.82) is 0 Å². The van der Waals surface area contributed by atoms with Gasteiger partial charge in [-0.3, -0.25) is 9.98 Å². The fourth-order valence-electron chi connectivity index (χ4n) is 4.48. The van der Waals surface area contributed by atoms with Crippen LogP contribution < -0.4 is 5.32 Å². The molecule has 0 aliphatic carbocycles. The Morgan fingerprint density at radius 2 is 1.92 bits per heavy atom. The predicted molar refractivity (Wildman–Crippen MR) is 158 cm³/mol. The van der Waals surface area contributed by atoms with E-state index in [1.807, 2.05) is 60.8 Å².